The standard InChI is InChI=1S/C23H24F3N5O4/c24-23(25,26)35-18-3-1-15(2-4-18)21(32)30-7-5-16(6-8-30)31-19-13-17(29-9-11-34-12-10-29)14-27-20(19)28-22(31)33/h1-4,13-14,16H,5-12H2,(H,27,28,33). The zero-order valence-electron chi connectivity index (χ0n) is 18.8. The Hall–Kier alpha value is -3.54. The van der Waals surface area contributed by atoms with Crippen molar-refractivity contribution in [3.8, 4) is 5.75 Å². The van der Waals surface area contributed by atoms with E-state index in [2.05, 4.69) is 19.6 Å². The maximum Gasteiger partial charge on any atom is 0.573 e. The first kappa shape index (κ1) is 23.2. The van der Waals surface area contributed by atoms with Gasteiger partial charge in [0.2, 0.25) is 0 Å². The second-order valence-corrected chi connectivity index (χ2v) is 8.56. The van der Waals surface area contributed by atoms with E-state index in [1.165, 1.54) is 12.1 Å². The third kappa shape index (κ3) is 4.97. The molecule has 35 heavy (non-hydrogen) atoms. The molecule has 4 heterocycles. The Labute approximate surface area is 198 Å². The molecule has 1 N–H and O–H groups in total. The Morgan fingerprint density at radius 1 is 1.09 bits per heavy atom. The minimum atomic E-state index is -4.79. The Balaban J connectivity index is 1.28. The van der Waals surface area contributed by atoms with E-state index in [0.717, 1.165) is 36.4 Å². The number of fused-ring (bicyclic) bond motifs is 1. The fraction of sp³-hybridized carbons (Fsp3) is 0.435. The van der Waals surface area contributed by atoms with Crippen molar-refractivity contribution in [3.63, 3.8) is 0 Å². The Kier molecular flexibility index (Phi) is 6.13. The number of aromatic amines is 1. The van der Waals surface area contributed by atoms with Gasteiger partial charge >= 0.3 is 12.1 Å². The molecule has 5 rings (SSSR count). The van der Waals surface area contributed by atoms with Crippen LogP contribution in [0, 0.1) is 0 Å². The number of ether oxygens (including phenoxy) is 2. The number of alkyl halides is 3. The predicted octanol–water partition coefficient (Wildman–Crippen LogP) is 2.94. The molecule has 0 atom stereocenters. The highest BCUT2D eigenvalue weighted by molar-refractivity contribution is 5.94. The summed E-state index contributed by atoms with van der Waals surface area (Å²) in [6, 6.07) is 6.74. The monoisotopic (exact) mass is 491 g/mol. The number of pyridine rings is 1. The van der Waals surface area contributed by atoms with Crippen molar-refractivity contribution < 1.29 is 27.4 Å². The summed E-state index contributed by atoms with van der Waals surface area (Å²) in [6.07, 6.45) is -1.90. The van der Waals surface area contributed by atoms with E-state index < -0.39 is 6.36 Å². The molecule has 0 unspecified atom stereocenters. The van der Waals surface area contributed by atoms with E-state index in [9.17, 15) is 22.8 Å². The van der Waals surface area contributed by atoms with E-state index in [1.807, 2.05) is 6.07 Å². The molecule has 3 aromatic rings. The number of anilines is 1. The number of piperidine rings is 1. The summed E-state index contributed by atoms with van der Waals surface area (Å²) in [7, 11) is 0. The fourth-order valence-electron chi connectivity index (χ4n) is 4.66. The highest BCUT2D eigenvalue weighted by Gasteiger charge is 2.31. The van der Waals surface area contributed by atoms with Crippen molar-refractivity contribution >= 4 is 22.8 Å². The highest BCUT2D eigenvalue weighted by atomic mass is 19.4. The lowest BCUT2D eigenvalue weighted by atomic mass is 10.0. The molecule has 0 saturated carbocycles. The van der Waals surface area contributed by atoms with E-state index in [0.29, 0.717) is 44.8 Å². The van der Waals surface area contributed by atoms with E-state index in [1.54, 1.807) is 15.7 Å². The molecule has 1 aromatic carbocycles. The average Bonchev–Trinajstić information content (AvgIpc) is 3.18. The Morgan fingerprint density at radius 2 is 1.77 bits per heavy atom. The van der Waals surface area contributed by atoms with Crippen LogP contribution >= 0.6 is 0 Å². The van der Waals surface area contributed by atoms with Gasteiger partial charge in [0.05, 0.1) is 30.6 Å². The molecule has 2 aromatic heterocycles. The van der Waals surface area contributed by atoms with Gasteiger partial charge in [0.15, 0.2) is 5.65 Å². The summed E-state index contributed by atoms with van der Waals surface area (Å²) in [5.74, 6) is -0.652. The van der Waals surface area contributed by atoms with Crippen LogP contribution in [0.1, 0.15) is 29.2 Å². The fourth-order valence-corrected chi connectivity index (χ4v) is 4.66. The molecule has 12 heteroatoms. The number of amides is 1. The number of rotatable bonds is 4. The number of imidazole rings is 1. The van der Waals surface area contributed by atoms with Gasteiger partial charge < -0.3 is 19.3 Å². The highest BCUT2D eigenvalue weighted by Crippen LogP contribution is 2.28. The molecule has 186 valence electrons. The summed E-state index contributed by atoms with van der Waals surface area (Å²) in [6.45, 7) is 3.63. The first-order chi connectivity index (χ1) is 16.8. The number of benzene rings is 1. The van der Waals surface area contributed by atoms with Gasteiger partial charge in [0.1, 0.15) is 5.75 Å². The second-order valence-electron chi connectivity index (χ2n) is 8.56. The van der Waals surface area contributed by atoms with Crippen LogP contribution in [0.25, 0.3) is 11.2 Å². The van der Waals surface area contributed by atoms with Crippen LogP contribution in [-0.4, -0.2) is 71.1 Å². The number of carbonyl (C=O) groups is 1. The number of H-pyrrole nitrogens is 1. The maximum atomic E-state index is 12.9. The van der Waals surface area contributed by atoms with Crippen LogP contribution in [-0.2, 0) is 4.74 Å². The smallest absolute Gasteiger partial charge is 0.406 e. The number of hydrogen-bond donors (Lipinski definition) is 1. The normalized spacial score (nSPS) is 17.7. The summed E-state index contributed by atoms with van der Waals surface area (Å²) >= 11 is 0. The second kappa shape index (κ2) is 9.25. The van der Waals surface area contributed by atoms with Gasteiger partial charge in [0.25, 0.3) is 5.91 Å². The molecule has 2 saturated heterocycles. The van der Waals surface area contributed by atoms with Crippen LogP contribution in [0.15, 0.2) is 41.3 Å². The molecule has 2 aliphatic rings. The predicted molar refractivity (Wildman–Crippen MR) is 121 cm³/mol. The summed E-state index contributed by atoms with van der Waals surface area (Å²) in [4.78, 5) is 36.7. The van der Waals surface area contributed by atoms with Crippen LogP contribution < -0.4 is 15.3 Å². The first-order valence-corrected chi connectivity index (χ1v) is 11.4. The molecule has 0 bridgehead atoms. The third-order valence-corrected chi connectivity index (χ3v) is 6.38. The van der Waals surface area contributed by atoms with Gasteiger partial charge in [-0.05, 0) is 43.2 Å². The quantitative estimate of drug-likeness (QED) is 0.604. The minimum absolute atomic E-state index is 0.107. The number of morpholine rings is 1. The zero-order chi connectivity index (χ0) is 24.6. The van der Waals surface area contributed by atoms with Crippen molar-refractivity contribution in [2.24, 2.45) is 0 Å². The van der Waals surface area contributed by atoms with Crippen molar-refractivity contribution in [2.75, 3.05) is 44.3 Å². The summed E-state index contributed by atoms with van der Waals surface area (Å²) in [5.41, 5.74) is 2.22. The lowest BCUT2D eigenvalue weighted by Crippen LogP contribution is -2.40. The molecule has 2 fully saturated rings. The Morgan fingerprint density at radius 3 is 2.43 bits per heavy atom. The molecule has 0 radical (unpaired) electrons. The Bertz CT molecular complexity index is 1260. The van der Waals surface area contributed by atoms with Gasteiger partial charge in [-0.2, -0.15) is 0 Å². The van der Waals surface area contributed by atoms with E-state index in [4.69, 9.17) is 4.74 Å². The molecule has 2 aliphatic heterocycles. The number of nitrogens with zero attached hydrogens (tertiary/aromatic N) is 4. The number of halogens is 3. The number of nitrogens with one attached hydrogen (secondary N) is 1. The van der Waals surface area contributed by atoms with Gasteiger partial charge in [-0.15, -0.1) is 13.2 Å². The van der Waals surface area contributed by atoms with Crippen molar-refractivity contribution in [3.05, 3.63) is 52.6 Å². The maximum absolute atomic E-state index is 12.9. The summed E-state index contributed by atoms with van der Waals surface area (Å²) in [5, 5.41) is 0. The first-order valence-electron chi connectivity index (χ1n) is 11.4. The molecule has 0 spiro atoms. The molecular weight excluding hydrogens is 467 g/mol. The van der Waals surface area contributed by atoms with Gasteiger partial charge in [-0.1, -0.05) is 0 Å². The largest absolute Gasteiger partial charge is 0.573 e. The lowest BCUT2D eigenvalue weighted by molar-refractivity contribution is -0.274. The van der Waals surface area contributed by atoms with Crippen LogP contribution in [0.3, 0.4) is 0 Å². The van der Waals surface area contributed by atoms with Gasteiger partial charge in [-0.25, -0.2) is 9.78 Å². The zero-order valence-corrected chi connectivity index (χ0v) is 18.8. The third-order valence-electron chi connectivity index (χ3n) is 6.38. The van der Waals surface area contributed by atoms with Crippen LogP contribution in [0.4, 0.5) is 18.9 Å². The average molecular weight is 491 g/mol. The van der Waals surface area contributed by atoms with Crippen LogP contribution in [0.2, 0.25) is 0 Å². The lowest BCUT2D eigenvalue weighted by Gasteiger charge is -2.33. The number of likely N-dealkylation sites (tertiary alicyclic amines) is 1. The van der Waals surface area contributed by atoms with Crippen molar-refractivity contribution in [2.45, 2.75) is 25.2 Å². The van der Waals surface area contributed by atoms with E-state index >= 15 is 0 Å². The number of aromatic nitrogens is 3. The number of hydrogen-bond acceptors (Lipinski definition) is 6. The molecule has 0 aliphatic carbocycles. The van der Waals surface area contributed by atoms with Gasteiger partial charge in [0, 0.05) is 37.8 Å². The molecule has 9 nitrogen and oxygen atoms in total. The van der Waals surface area contributed by atoms with Crippen molar-refractivity contribution in [1.29, 1.82) is 0 Å². The SMILES string of the molecule is O=C(c1ccc(OC(F)(F)F)cc1)N1CCC(n2c(=O)[nH]c3ncc(N4CCOCC4)cc32)CC1. The van der Waals surface area contributed by atoms with E-state index in [-0.39, 0.29) is 29.0 Å². The van der Waals surface area contributed by atoms with Crippen molar-refractivity contribution in [1.82, 2.24) is 19.4 Å². The summed E-state index contributed by atoms with van der Waals surface area (Å²) < 4.78 is 48.0. The minimum Gasteiger partial charge on any atom is -0.406 e. The number of carbonyl (C=O) groups excluding carboxylic acids is 1. The molecule has 1 amide bonds. The van der Waals surface area contributed by atoms with Gasteiger partial charge in [-0.3, -0.25) is 14.3 Å². The van der Waals surface area contributed by atoms with Crippen LogP contribution in [0.5, 0.6) is 5.75 Å². The topological polar surface area (TPSA) is 92.7 Å². The molecular formula is C23H24F3N5O4.